The van der Waals surface area contributed by atoms with Crippen molar-refractivity contribution in [2.75, 3.05) is 19.7 Å². The summed E-state index contributed by atoms with van der Waals surface area (Å²) in [5, 5.41) is 9.58. The van der Waals surface area contributed by atoms with Crippen LogP contribution in [0.5, 0.6) is 0 Å². The van der Waals surface area contributed by atoms with Crippen LogP contribution in [0.3, 0.4) is 0 Å². The Balaban J connectivity index is 2.09. The van der Waals surface area contributed by atoms with Gasteiger partial charge in [0.15, 0.2) is 0 Å². The molecule has 0 saturated carbocycles. The summed E-state index contributed by atoms with van der Waals surface area (Å²) in [4.78, 5) is 2.43. The fourth-order valence-corrected chi connectivity index (χ4v) is 2.51. The van der Waals surface area contributed by atoms with Gasteiger partial charge in [-0.05, 0) is 31.5 Å². The maximum absolute atomic E-state index is 9.58. The molecule has 1 aromatic carbocycles. The summed E-state index contributed by atoms with van der Waals surface area (Å²) in [6, 6.07) is 10.6. The predicted molar refractivity (Wildman–Crippen MR) is 66.3 cm³/mol. The zero-order valence-electron chi connectivity index (χ0n) is 9.81. The van der Waals surface area contributed by atoms with Crippen molar-refractivity contribution in [3.63, 3.8) is 0 Å². The van der Waals surface area contributed by atoms with E-state index < -0.39 is 0 Å². The first-order chi connectivity index (χ1) is 7.92. The number of aliphatic hydroxyl groups excluding tert-OH is 1. The highest BCUT2D eigenvalue weighted by Gasteiger charge is 2.20. The van der Waals surface area contributed by atoms with E-state index in [4.69, 9.17) is 0 Å². The third kappa shape index (κ3) is 2.83. The van der Waals surface area contributed by atoms with Crippen LogP contribution in [0.4, 0.5) is 0 Å². The molecule has 1 N–H and O–H groups in total. The van der Waals surface area contributed by atoms with E-state index in [9.17, 15) is 5.11 Å². The Kier molecular flexibility index (Phi) is 4.37. The third-order valence-electron chi connectivity index (χ3n) is 3.44. The lowest BCUT2D eigenvalue weighted by molar-refractivity contribution is 0.127. The van der Waals surface area contributed by atoms with Gasteiger partial charge < -0.3 is 5.11 Å². The first kappa shape index (κ1) is 11.6. The second-order valence-corrected chi connectivity index (χ2v) is 4.56. The number of likely N-dealkylation sites (tertiary alicyclic amines) is 1. The van der Waals surface area contributed by atoms with Gasteiger partial charge in [-0.25, -0.2) is 0 Å². The summed E-state index contributed by atoms with van der Waals surface area (Å²) in [6.45, 7) is 2.48. The van der Waals surface area contributed by atoms with Crippen LogP contribution in [-0.4, -0.2) is 29.7 Å². The molecule has 0 amide bonds. The predicted octanol–water partition coefficient (Wildman–Crippen LogP) is 2.60. The van der Waals surface area contributed by atoms with E-state index in [-0.39, 0.29) is 12.6 Å². The van der Waals surface area contributed by atoms with E-state index in [1.807, 2.05) is 6.07 Å². The van der Waals surface area contributed by atoms with Crippen LogP contribution in [0, 0.1) is 0 Å². The molecule has 1 fully saturated rings. The van der Waals surface area contributed by atoms with E-state index in [2.05, 4.69) is 29.2 Å². The Morgan fingerprint density at radius 2 is 1.62 bits per heavy atom. The Morgan fingerprint density at radius 1 is 1.00 bits per heavy atom. The Bertz CT molecular complexity index is 291. The first-order valence-electron chi connectivity index (χ1n) is 6.31. The van der Waals surface area contributed by atoms with Gasteiger partial charge in [-0.1, -0.05) is 43.2 Å². The molecule has 1 aliphatic heterocycles. The van der Waals surface area contributed by atoms with Crippen LogP contribution >= 0.6 is 0 Å². The van der Waals surface area contributed by atoms with Crippen LogP contribution in [0.25, 0.3) is 0 Å². The highest BCUT2D eigenvalue weighted by molar-refractivity contribution is 5.19. The fraction of sp³-hybridized carbons (Fsp3) is 0.571. The molecule has 0 spiro atoms. The summed E-state index contributed by atoms with van der Waals surface area (Å²) in [6.07, 6.45) is 5.21. The van der Waals surface area contributed by atoms with E-state index in [0.29, 0.717) is 0 Å². The third-order valence-corrected chi connectivity index (χ3v) is 3.44. The standard InChI is InChI=1S/C14H21NO/c16-12-14(13-8-4-3-5-9-13)15-10-6-1-2-7-11-15/h3-5,8-9,14,16H,1-2,6-7,10-12H2/t14-/m0/s1. The van der Waals surface area contributed by atoms with Gasteiger partial charge in [-0.2, -0.15) is 0 Å². The minimum absolute atomic E-state index is 0.194. The minimum atomic E-state index is 0.194. The molecular weight excluding hydrogens is 198 g/mol. The van der Waals surface area contributed by atoms with E-state index >= 15 is 0 Å². The number of rotatable bonds is 3. The summed E-state index contributed by atoms with van der Waals surface area (Å²) in [5.74, 6) is 0. The SMILES string of the molecule is OC[C@@H](c1ccccc1)N1CCCCCC1. The summed E-state index contributed by atoms with van der Waals surface area (Å²) < 4.78 is 0. The number of hydrogen-bond donors (Lipinski definition) is 1. The molecule has 88 valence electrons. The smallest absolute Gasteiger partial charge is 0.0628 e. The Hall–Kier alpha value is -0.860. The molecule has 0 aliphatic carbocycles. The maximum atomic E-state index is 9.58. The molecule has 1 saturated heterocycles. The van der Waals surface area contributed by atoms with Crippen LogP contribution < -0.4 is 0 Å². The average molecular weight is 219 g/mol. The van der Waals surface area contributed by atoms with Gasteiger partial charge in [0.2, 0.25) is 0 Å². The molecule has 0 radical (unpaired) electrons. The Labute approximate surface area is 97.9 Å². The summed E-state index contributed by atoms with van der Waals surface area (Å²) >= 11 is 0. The molecule has 0 unspecified atom stereocenters. The van der Waals surface area contributed by atoms with Gasteiger partial charge in [-0.3, -0.25) is 4.90 Å². The molecule has 2 nitrogen and oxygen atoms in total. The lowest BCUT2D eigenvalue weighted by Crippen LogP contribution is -2.32. The zero-order valence-corrected chi connectivity index (χ0v) is 9.81. The quantitative estimate of drug-likeness (QED) is 0.844. The summed E-state index contributed by atoms with van der Waals surface area (Å²) in [5.41, 5.74) is 1.24. The molecule has 0 aromatic heterocycles. The molecule has 1 heterocycles. The second kappa shape index (κ2) is 6.02. The lowest BCUT2D eigenvalue weighted by Gasteiger charge is -2.29. The van der Waals surface area contributed by atoms with Crippen LogP contribution in [0.2, 0.25) is 0 Å². The monoisotopic (exact) mass is 219 g/mol. The number of nitrogens with zero attached hydrogens (tertiary/aromatic N) is 1. The molecule has 1 atom stereocenters. The maximum Gasteiger partial charge on any atom is 0.0628 e. The molecular formula is C14H21NO. The largest absolute Gasteiger partial charge is 0.394 e. The first-order valence-corrected chi connectivity index (χ1v) is 6.31. The van der Waals surface area contributed by atoms with Crippen molar-refractivity contribution in [1.82, 2.24) is 4.90 Å². The lowest BCUT2D eigenvalue weighted by atomic mass is 10.1. The number of benzene rings is 1. The molecule has 1 aliphatic rings. The topological polar surface area (TPSA) is 23.5 Å². The number of aliphatic hydroxyl groups is 1. The van der Waals surface area contributed by atoms with E-state index in [0.717, 1.165) is 13.1 Å². The van der Waals surface area contributed by atoms with Gasteiger partial charge in [0, 0.05) is 0 Å². The van der Waals surface area contributed by atoms with Gasteiger partial charge in [0.25, 0.3) is 0 Å². The van der Waals surface area contributed by atoms with Gasteiger partial charge in [-0.15, -0.1) is 0 Å². The molecule has 0 bridgehead atoms. The Morgan fingerprint density at radius 3 is 2.19 bits per heavy atom. The van der Waals surface area contributed by atoms with Crippen molar-refractivity contribution >= 4 is 0 Å². The second-order valence-electron chi connectivity index (χ2n) is 4.56. The molecule has 16 heavy (non-hydrogen) atoms. The van der Waals surface area contributed by atoms with Gasteiger partial charge in [0.05, 0.1) is 12.6 Å². The average Bonchev–Trinajstić information content (AvgIpc) is 2.61. The minimum Gasteiger partial charge on any atom is -0.394 e. The summed E-state index contributed by atoms with van der Waals surface area (Å²) in [7, 11) is 0. The van der Waals surface area contributed by atoms with Crippen molar-refractivity contribution in [2.45, 2.75) is 31.7 Å². The molecule has 1 aromatic rings. The van der Waals surface area contributed by atoms with Crippen molar-refractivity contribution in [1.29, 1.82) is 0 Å². The van der Waals surface area contributed by atoms with Crippen molar-refractivity contribution < 1.29 is 5.11 Å². The van der Waals surface area contributed by atoms with Crippen LogP contribution in [-0.2, 0) is 0 Å². The van der Waals surface area contributed by atoms with Crippen molar-refractivity contribution in [3.05, 3.63) is 35.9 Å². The van der Waals surface area contributed by atoms with Crippen LogP contribution in [0.1, 0.15) is 37.3 Å². The fourth-order valence-electron chi connectivity index (χ4n) is 2.51. The van der Waals surface area contributed by atoms with E-state index in [1.165, 1.54) is 31.2 Å². The van der Waals surface area contributed by atoms with E-state index in [1.54, 1.807) is 0 Å². The molecule has 2 heteroatoms. The highest BCUT2D eigenvalue weighted by Crippen LogP contribution is 2.23. The van der Waals surface area contributed by atoms with Gasteiger partial charge >= 0.3 is 0 Å². The van der Waals surface area contributed by atoms with Gasteiger partial charge in [0.1, 0.15) is 0 Å². The van der Waals surface area contributed by atoms with Crippen molar-refractivity contribution in [2.24, 2.45) is 0 Å². The normalized spacial score (nSPS) is 20.3. The van der Waals surface area contributed by atoms with Crippen molar-refractivity contribution in [3.8, 4) is 0 Å². The number of hydrogen-bond acceptors (Lipinski definition) is 2. The highest BCUT2D eigenvalue weighted by atomic mass is 16.3. The molecule has 2 rings (SSSR count). The zero-order chi connectivity index (χ0) is 11.2. The van der Waals surface area contributed by atoms with Crippen LogP contribution in [0.15, 0.2) is 30.3 Å².